The first-order valence-corrected chi connectivity index (χ1v) is 8.39. The average molecular weight is 359 g/mol. The number of nitrogens with one attached hydrogen (secondary N) is 2. The van der Waals surface area contributed by atoms with Gasteiger partial charge in [0.15, 0.2) is 0 Å². The van der Waals surface area contributed by atoms with E-state index in [9.17, 15) is 4.79 Å². The fraction of sp³-hybridized carbons (Fsp3) is 0.278. The predicted octanol–water partition coefficient (Wildman–Crippen LogP) is 4.05. The number of para-hydroxylation sites is 1. The van der Waals surface area contributed by atoms with Gasteiger partial charge in [0.2, 0.25) is 5.91 Å². The van der Waals surface area contributed by atoms with E-state index in [1.54, 1.807) is 0 Å². The number of anilines is 1. The number of amides is 1. The second kappa shape index (κ2) is 7.07. The van der Waals surface area contributed by atoms with E-state index in [0.717, 1.165) is 23.0 Å². The van der Waals surface area contributed by atoms with Crippen molar-refractivity contribution >= 4 is 27.5 Å². The Bertz CT molecular complexity index is 672. The largest absolute Gasteiger partial charge is 0.324 e. The zero-order valence-corrected chi connectivity index (χ0v) is 13.9. The lowest BCUT2D eigenvalue weighted by atomic mass is 9.88. The van der Waals surface area contributed by atoms with Crippen LogP contribution in [0.25, 0.3) is 0 Å². The van der Waals surface area contributed by atoms with Crippen LogP contribution < -0.4 is 10.6 Å². The van der Waals surface area contributed by atoms with Crippen LogP contribution in [0.15, 0.2) is 53.0 Å². The summed E-state index contributed by atoms with van der Waals surface area (Å²) in [4.78, 5) is 12.1. The highest BCUT2D eigenvalue weighted by molar-refractivity contribution is 9.10. The lowest BCUT2D eigenvalue weighted by molar-refractivity contribution is -0.115. The molecule has 0 bridgehead atoms. The Morgan fingerprint density at radius 3 is 2.77 bits per heavy atom. The minimum atomic E-state index is -0.0186. The third-order valence-electron chi connectivity index (χ3n) is 4.03. The molecule has 0 saturated carbocycles. The lowest BCUT2D eigenvalue weighted by Crippen LogP contribution is -2.33. The fourth-order valence-electron chi connectivity index (χ4n) is 2.94. The van der Waals surface area contributed by atoms with E-state index in [-0.39, 0.29) is 11.9 Å². The summed E-state index contributed by atoms with van der Waals surface area (Å²) in [6, 6.07) is 16.4. The van der Waals surface area contributed by atoms with Gasteiger partial charge in [-0.05, 0) is 58.5 Å². The summed E-state index contributed by atoms with van der Waals surface area (Å²) in [6.07, 6.45) is 3.39. The molecule has 2 aromatic carbocycles. The van der Waals surface area contributed by atoms with Crippen LogP contribution in [0.3, 0.4) is 0 Å². The van der Waals surface area contributed by atoms with E-state index in [4.69, 9.17) is 0 Å². The van der Waals surface area contributed by atoms with Gasteiger partial charge < -0.3 is 10.6 Å². The van der Waals surface area contributed by atoms with Gasteiger partial charge in [-0.3, -0.25) is 4.79 Å². The van der Waals surface area contributed by atoms with Crippen molar-refractivity contribution in [2.24, 2.45) is 0 Å². The first-order valence-electron chi connectivity index (χ1n) is 7.59. The maximum Gasteiger partial charge on any atom is 0.238 e. The molecule has 3 nitrogen and oxygen atoms in total. The Kier molecular flexibility index (Phi) is 4.90. The molecular formula is C18H19BrN2O. The normalized spacial score (nSPS) is 16.9. The Hall–Kier alpha value is -1.65. The van der Waals surface area contributed by atoms with Crippen molar-refractivity contribution in [1.29, 1.82) is 0 Å². The van der Waals surface area contributed by atoms with Gasteiger partial charge in [-0.25, -0.2) is 0 Å². The van der Waals surface area contributed by atoms with Gasteiger partial charge in [0, 0.05) is 10.5 Å². The van der Waals surface area contributed by atoms with Crippen molar-refractivity contribution in [3.8, 4) is 0 Å². The predicted molar refractivity (Wildman–Crippen MR) is 92.9 cm³/mol. The number of halogens is 1. The molecule has 0 heterocycles. The molecule has 114 valence electrons. The molecule has 2 N–H and O–H groups in total. The highest BCUT2D eigenvalue weighted by Gasteiger charge is 2.19. The fourth-order valence-corrected chi connectivity index (χ4v) is 3.32. The molecule has 1 unspecified atom stereocenters. The van der Waals surface area contributed by atoms with E-state index in [0.29, 0.717) is 6.54 Å². The second-order valence-electron chi connectivity index (χ2n) is 5.55. The number of carbonyl (C=O) groups is 1. The monoisotopic (exact) mass is 358 g/mol. The summed E-state index contributed by atoms with van der Waals surface area (Å²) in [5.74, 6) is -0.0186. The van der Waals surface area contributed by atoms with E-state index in [1.165, 1.54) is 17.5 Å². The number of hydrogen-bond donors (Lipinski definition) is 2. The molecule has 0 radical (unpaired) electrons. The summed E-state index contributed by atoms with van der Waals surface area (Å²) >= 11 is 3.44. The smallest absolute Gasteiger partial charge is 0.238 e. The molecule has 0 spiro atoms. The first-order chi connectivity index (χ1) is 10.7. The molecule has 22 heavy (non-hydrogen) atoms. The summed E-state index contributed by atoms with van der Waals surface area (Å²) in [5.41, 5.74) is 3.54. The van der Waals surface area contributed by atoms with Crippen LogP contribution >= 0.6 is 15.9 Å². The van der Waals surface area contributed by atoms with E-state index < -0.39 is 0 Å². The van der Waals surface area contributed by atoms with Crippen LogP contribution in [0.5, 0.6) is 0 Å². The van der Waals surface area contributed by atoms with Crippen LogP contribution in [0, 0.1) is 0 Å². The quantitative estimate of drug-likeness (QED) is 0.865. The van der Waals surface area contributed by atoms with Crippen LogP contribution in [-0.4, -0.2) is 12.5 Å². The molecular weight excluding hydrogens is 340 g/mol. The number of hydrogen-bond acceptors (Lipinski definition) is 2. The lowest BCUT2D eigenvalue weighted by Gasteiger charge is -2.26. The van der Waals surface area contributed by atoms with Crippen LogP contribution in [0.4, 0.5) is 5.69 Å². The molecule has 4 heteroatoms. The van der Waals surface area contributed by atoms with E-state index >= 15 is 0 Å². The molecule has 0 aromatic heterocycles. The van der Waals surface area contributed by atoms with Crippen LogP contribution in [0.1, 0.15) is 30.0 Å². The Labute approximate surface area is 139 Å². The molecule has 1 aliphatic carbocycles. The van der Waals surface area contributed by atoms with Crippen LogP contribution in [0.2, 0.25) is 0 Å². The number of carbonyl (C=O) groups excluding carboxylic acids is 1. The Balaban J connectivity index is 1.59. The highest BCUT2D eigenvalue weighted by atomic mass is 79.9. The third-order valence-corrected chi connectivity index (χ3v) is 4.72. The zero-order chi connectivity index (χ0) is 15.4. The second-order valence-corrected chi connectivity index (χ2v) is 6.41. The highest BCUT2D eigenvalue weighted by Crippen LogP contribution is 2.29. The number of rotatable bonds is 4. The SMILES string of the molecule is O=C(CNC1CCCc2ccccc21)Nc1ccccc1Br. The number of fused-ring (bicyclic) bond motifs is 1. The first kappa shape index (κ1) is 15.3. The van der Waals surface area contributed by atoms with Gasteiger partial charge in [0.05, 0.1) is 12.2 Å². The molecule has 0 saturated heterocycles. The number of aryl methyl sites for hydroxylation is 1. The summed E-state index contributed by atoms with van der Waals surface area (Å²) in [7, 11) is 0. The van der Waals surface area contributed by atoms with Crippen molar-refractivity contribution in [2.45, 2.75) is 25.3 Å². The van der Waals surface area contributed by atoms with Crippen LogP contribution in [-0.2, 0) is 11.2 Å². The molecule has 1 atom stereocenters. The molecule has 3 rings (SSSR count). The van der Waals surface area contributed by atoms with E-state index in [2.05, 4.69) is 50.8 Å². The standard InChI is InChI=1S/C18H19BrN2O/c19-15-9-3-4-10-17(15)21-18(22)12-20-16-11-5-7-13-6-1-2-8-14(13)16/h1-4,6,8-10,16,20H,5,7,11-12H2,(H,21,22). The number of benzene rings is 2. The van der Waals surface area contributed by atoms with Crippen molar-refractivity contribution in [3.63, 3.8) is 0 Å². The summed E-state index contributed by atoms with van der Waals surface area (Å²) in [5, 5.41) is 6.32. The summed E-state index contributed by atoms with van der Waals surface area (Å²) in [6.45, 7) is 0.320. The van der Waals surface area contributed by atoms with Gasteiger partial charge in [-0.15, -0.1) is 0 Å². The maximum atomic E-state index is 12.1. The molecule has 0 fully saturated rings. The molecule has 2 aromatic rings. The Morgan fingerprint density at radius 1 is 1.14 bits per heavy atom. The van der Waals surface area contributed by atoms with Gasteiger partial charge in [-0.2, -0.15) is 0 Å². The van der Waals surface area contributed by atoms with Crippen molar-refractivity contribution < 1.29 is 4.79 Å². The maximum absolute atomic E-state index is 12.1. The molecule has 1 aliphatic rings. The minimum absolute atomic E-state index is 0.0186. The van der Waals surface area contributed by atoms with Crippen molar-refractivity contribution in [1.82, 2.24) is 5.32 Å². The zero-order valence-electron chi connectivity index (χ0n) is 12.3. The molecule has 1 amide bonds. The van der Waals surface area contributed by atoms with Crippen molar-refractivity contribution in [3.05, 3.63) is 64.1 Å². The van der Waals surface area contributed by atoms with Gasteiger partial charge in [0.25, 0.3) is 0 Å². The topological polar surface area (TPSA) is 41.1 Å². The van der Waals surface area contributed by atoms with Gasteiger partial charge >= 0.3 is 0 Å². The van der Waals surface area contributed by atoms with E-state index in [1.807, 2.05) is 24.3 Å². The third kappa shape index (κ3) is 3.57. The molecule has 0 aliphatic heterocycles. The Morgan fingerprint density at radius 2 is 1.91 bits per heavy atom. The average Bonchev–Trinajstić information content (AvgIpc) is 2.55. The van der Waals surface area contributed by atoms with Gasteiger partial charge in [-0.1, -0.05) is 36.4 Å². The summed E-state index contributed by atoms with van der Waals surface area (Å²) < 4.78 is 0.895. The minimum Gasteiger partial charge on any atom is -0.324 e. The van der Waals surface area contributed by atoms with Crippen molar-refractivity contribution in [2.75, 3.05) is 11.9 Å². The van der Waals surface area contributed by atoms with Gasteiger partial charge in [0.1, 0.15) is 0 Å².